The largest absolute Gasteiger partial charge is 0.357 e. The maximum atomic E-state index is 12.0. The first-order valence-electron chi connectivity index (χ1n) is 6.47. The van der Waals surface area contributed by atoms with E-state index in [1.54, 1.807) is 0 Å². The van der Waals surface area contributed by atoms with Crippen LogP contribution in [0.4, 0.5) is 9.93 Å². The van der Waals surface area contributed by atoms with E-state index in [4.69, 9.17) is 12.2 Å². The van der Waals surface area contributed by atoms with Crippen LogP contribution in [0.1, 0.15) is 5.56 Å². The van der Waals surface area contributed by atoms with Gasteiger partial charge in [-0.1, -0.05) is 41.7 Å². The third-order valence-electron chi connectivity index (χ3n) is 2.81. The molecular weight excluding hydrogens is 322 g/mol. The molecule has 0 bridgehead atoms. The lowest BCUT2D eigenvalue weighted by Gasteiger charge is -2.17. The predicted octanol–water partition coefficient (Wildman–Crippen LogP) is 1.68. The molecule has 1 atom stereocenters. The van der Waals surface area contributed by atoms with Crippen LogP contribution in [-0.4, -0.2) is 35.2 Å². The molecule has 0 unspecified atom stereocenters. The van der Waals surface area contributed by atoms with Crippen LogP contribution in [0.5, 0.6) is 0 Å². The van der Waals surface area contributed by atoms with Crippen molar-refractivity contribution in [2.24, 2.45) is 0 Å². The fourth-order valence-corrected chi connectivity index (χ4v) is 2.59. The van der Waals surface area contributed by atoms with E-state index in [-0.39, 0.29) is 5.91 Å². The summed E-state index contributed by atoms with van der Waals surface area (Å²) < 4.78 is 0.461. The molecule has 0 aliphatic carbocycles. The van der Waals surface area contributed by atoms with Gasteiger partial charge in [-0.05, 0) is 17.8 Å². The van der Waals surface area contributed by atoms with Crippen LogP contribution in [-0.2, 0) is 11.2 Å². The fraction of sp³-hybridized carbons (Fsp3) is 0.231. The van der Waals surface area contributed by atoms with Crippen molar-refractivity contribution < 1.29 is 9.59 Å². The Balaban J connectivity index is 2.01. The van der Waals surface area contributed by atoms with Gasteiger partial charge in [0, 0.05) is 13.5 Å². The number of nitrogens with one attached hydrogen (secondary N) is 4. The molecule has 0 aliphatic heterocycles. The smallest absolute Gasteiger partial charge is 0.321 e. The topological polar surface area (TPSA) is 98.9 Å². The van der Waals surface area contributed by atoms with Crippen molar-refractivity contribution >= 4 is 40.6 Å². The Morgan fingerprint density at radius 1 is 1.36 bits per heavy atom. The Bertz CT molecular complexity index is 698. The molecule has 1 aromatic heterocycles. The van der Waals surface area contributed by atoms with E-state index in [2.05, 4.69) is 26.1 Å². The lowest BCUT2D eigenvalue weighted by atomic mass is 10.1. The fourth-order valence-electron chi connectivity index (χ4n) is 1.81. The molecule has 0 saturated heterocycles. The number of aromatic nitrogens is 2. The van der Waals surface area contributed by atoms with E-state index in [9.17, 15) is 9.59 Å². The summed E-state index contributed by atoms with van der Waals surface area (Å²) in [5, 5.41) is 14.4. The van der Waals surface area contributed by atoms with Crippen molar-refractivity contribution in [1.82, 2.24) is 20.8 Å². The number of amides is 3. The number of anilines is 1. The van der Waals surface area contributed by atoms with Crippen molar-refractivity contribution in [1.29, 1.82) is 0 Å². The zero-order chi connectivity index (χ0) is 15.9. The van der Waals surface area contributed by atoms with E-state index in [1.807, 2.05) is 30.3 Å². The Hall–Kier alpha value is -2.26. The summed E-state index contributed by atoms with van der Waals surface area (Å²) in [6.45, 7) is 0. The third kappa shape index (κ3) is 4.64. The van der Waals surface area contributed by atoms with Crippen molar-refractivity contribution in [3.8, 4) is 0 Å². The van der Waals surface area contributed by atoms with Crippen LogP contribution in [0.3, 0.4) is 0 Å². The predicted molar refractivity (Wildman–Crippen MR) is 87.5 cm³/mol. The van der Waals surface area contributed by atoms with Gasteiger partial charge < -0.3 is 10.6 Å². The van der Waals surface area contributed by atoms with E-state index in [0.717, 1.165) is 16.9 Å². The summed E-state index contributed by atoms with van der Waals surface area (Å²) in [6, 6.07) is 8.26. The van der Waals surface area contributed by atoms with Gasteiger partial charge in [-0.2, -0.15) is 0 Å². The second-order valence-corrected chi connectivity index (χ2v) is 6.04. The normalized spacial score (nSPS) is 11.5. The molecule has 3 amide bonds. The van der Waals surface area contributed by atoms with E-state index < -0.39 is 12.1 Å². The highest BCUT2D eigenvalue weighted by atomic mass is 32.1. The zero-order valence-corrected chi connectivity index (χ0v) is 13.4. The van der Waals surface area contributed by atoms with Gasteiger partial charge in [0.1, 0.15) is 6.04 Å². The molecule has 4 N–H and O–H groups in total. The molecule has 116 valence electrons. The minimum Gasteiger partial charge on any atom is -0.357 e. The number of H-pyrrole nitrogens is 1. The number of aromatic amines is 1. The number of carbonyl (C=O) groups excluding carboxylic acids is 2. The van der Waals surface area contributed by atoms with E-state index in [1.165, 1.54) is 7.05 Å². The highest BCUT2D eigenvalue weighted by Crippen LogP contribution is 2.10. The summed E-state index contributed by atoms with van der Waals surface area (Å²) in [6.07, 6.45) is 0.393. The first-order chi connectivity index (χ1) is 10.6. The molecule has 9 heteroatoms. The second kappa shape index (κ2) is 7.66. The van der Waals surface area contributed by atoms with Gasteiger partial charge in [0.2, 0.25) is 11.0 Å². The van der Waals surface area contributed by atoms with Gasteiger partial charge >= 0.3 is 6.03 Å². The number of urea groups is 1. The highest BCUT2D eigenvalue weighted by Gasteiger charge is 2.20. The second-order valence-electron chi connectivity index (χ2n) is 4.37. The van der Waals surface area contributed by atoms with Gasteiger partial charge in [0.05, 0.1) is 0 Å². The molecule has 0 radical (unpaired) electrons. The Morgan fingerprint density at radius 3 is 2.68 bits per heavy atom. The molecule has 7 nitrogen and oxygen atoms in total. The molecule has 1 aromatic carbocycles. The minimum atomic E-state index is -0.681. The Morgan fingerprint density at radius 2 is 2.09 bits per heavy atom. The minimum absolute atomic E-state index is 0.270. The summed E-state index contributed by atoms with van der Waals surface area (Å²) >= 11 is 6.02. The molecule has 0 aliphatic rings. The monoisotopic (exact) mass is 337 g/mol. The summed E-state index contributed by atoms with van der Waals surface area (Å²) in [7, 11) is 1.53. The number of nitrogens with zero attached hydrogens (tertiary/aromatic N) is 1. The number of benzene rings is 1. The van der Waals surface area contributed by atoms with Crippen LogP contribution in [0, 0.1) is 3.95 Å². The zero-order valence-electron chi connectivity index (χ0n) is 11.8. The maximum Gasteiger partial charge on any atom is 0.321 e. The molecule has 22 heavy (non-hydrogen) atoms. The SMILES string of the molecule is CNC(=O)[C@@H](Cc1ccccc1)NC(=O)Nc1n[nH]c(=S)s1. The van der Waals surface area contributed by atoms with Gasteiger partial charge in [-0.25, -0.2) is 4.79 Å². The van der Waals surface area contributed by atoms with Crippen LogP contribution in [0.2, 0.25) is 0 Å². The highest BCUT2D eigenvalue weighted by molar-refractivity contribution is 7.73. The summed E-state index contributed by atoms with van der Waals surface area (Å²) in [5.74, 6) is -0.270. The molecular formula is C13H15N5O2S2. The molecule has 0 saturated carbocycles. The average molecular weight is 337 g/mol. The summed E-state index contributed by atoms with van der Waals surface area (Å²) in [5.41, 5.74) is 0.951. The molecule has 0 spiro atoms. The van der Waals surface area contributed by atoms with Crippen LogP contribution in [0.25, 0.3) is 0 Å². The average Bonchev–Trinajstić information content (AvgIpc) is 2.91. The van der Waals surface area contributed by atoms with Crippen molar-refractivity contribution in [2.75, 3.05) is 12.4 Å². The Kier molecular flexibility index (Phi) is 5.61. The third-order valence-corrected chi connectivity index (χ3v) is 3.81. The molecule has 2 rings (SSSR count). The molecule has 1 heterocycles. The van der Waals surface area contributed by atoms with Crippen molar-refractivity contribution in [3.63, 3.8) is 0 Å². The molecule has 0 fully saturated rings. The van der Waals surface area contributed by atoms with E-state index in [0.29, 0.717) is 15.5 Å². The van der Waals surface area contributed by atoms with E-state index >= 15 is 0 Å². The van der Waals surface area contributed by atoms with Crippen LogP contribution in [0.15, 0.2) is 30.3 Å². The number of rotatable bonds is 5. The maximum absolute atomic E-state index is 12.0. The lowest BCUT2D eigenvalue weighted by Crippen LogP contribution is -2.48. The van der Waals surface area contributed by atoms with Crippen molar-refractivity contribution in [2.45, 2.75) is 12.5 Å². The number of likely N-dealkylation sites (N-methyl/N-ethyl adjacent to an activating group) is 1. The van der Waals surface area contributed by atoms with Gasteiger partial charge in [0.15, 0.2) is 3.95 Å². The van der Waals surface area contributed by atoms with Crippen LogP contribution < -0.4 is 16.0 Å². The number of carbonyl (C=O) groups is 2. The number of hydrogen-bond acceptors (Lipinski definition) is 5. The van der Waals surface area contributed by atoms with Gasteiger partial charge in [-0.3, -0.25) is 15.2 Å². The quantitative estimate of drug-likeness (QED) is 0.624. The summed E-state index contributed by atoms with van der Waals surface area (Å²) in [4.78, 5) is 23.9. The van der Waals surface area contributed by atoms with Crippen molar-refractivity contribution in [3.05, 3.63) is 39.8 Å². The number of hydrogen-bond donors (Lipinski definition) is 4. The standard InChI is InChI=1S/C13H15N5O2S2/c1-14-10(19)9(7-8-5-3-2-4-6-8)15-11(20)16-12-17-18-13(21)22-12/h2-6,9H,7H2,1H3,(H,14,19)(H,18,21)(H2,15,16,17,20)/t9-/m1/s1. The lowest BCUT2D eigenvalue weighted by molar-refractivity contribution is -0.122. The first kappa shape index (κ1) is 16.1. The Labute approximate surface area is 136 Å². The van der Waals surface area contributed by atoms with Gasteiger partial charge in [-0.15, -0.1) is 5.10 Å². The molecule has 2 aromatic rings. The van der Waals surface area contributed by atoms with Gasteiger partial charge in [0.25, 0.3) is 0 Å². The van der Waals surface area contributed by atoms with Crippen LogP contribution >= 0.6 is 23.6 Å². The first-order valence-corrected chi connectivity index (χ1v) is 7.69.